The molecule has 1 aromatic rings. The molecule has 0 saturated carbocycles. The second-order valence-corrected chi connectivity index (χ2v) is 8.24. The summed E-state index contributed by atoms with van der Waals surface area (Å²) in [5, 5.41) is -0.218. The van der Waals surface area contributed by atoms with Gasteiger partial charge in [0.25, 0.3) is 0 Å². The molecule has 0 spiro atoms. The lowest BCUT2D eigenvalue weighted by Gasteiger charge is -2.22. The normalized spacial score (nSPS) is 17.5. The first kappa shape index (κ1) is 19.1. The number of halogens is 2. The van der Waals surface area contributed by atoms with Crippen LogP contribution in [0.15, 0.2) is 23.1 Å². The van der Waals surface area contributed by atoms with E-state index >= 15 is 0 Å². The third-order valence-corrected chi connectivity index (χ3v) is 6.12. The molecule has 0 aliphatic carbocycles. The zero-order valence-electron chi connectivity index (χ0n) is 13.7. The van der Waals surface area contributed by atoms with E-state index in [1.165, 1.54) is 15.3 Å². The maximum absolute atomic E-state index is 13.2. The summed E-state index contributed by atoms with van der Waals surface area (Å²) in [4.78, 5) is 15.2. The molecule has 6 nitrogen and oxygen atoms in total. The smallest absolute Gasteiger partial charge is 0.243 e. The monoisotopic (exact) mass is 377 g/mol. The van der Waals surface area contributed by atoms with Crippen LogP contribution in [0.25, 0.3) is 0 Å². The summed E-state index contributed by atoms with van der Waals surface area (Å²) < 4.78 is 40.0. The lowest BCUT2D eigenvalue weighted by atomic mass is 10.3. The van der Waals surface area contributed by atoms with Gasteiger partial charge >= 0.3 is 0 Å². The van der Waals surface area contributed by atoms with E-state index in [0.717, 1.165) is 12.1 Å². The molecule has 0 unspecified atom stereocenters. The maximum atomic E-state index is 13.2. The number of sulfonamides is 1. The van der Waals surface area contributed by atoms with Crippen LogP contribution in [0, 0.1) is 5.82 Å². The standard InChI is InChI=1S/C15H21ClFN3O3S/c1-18(2)15(21)11-19-6-3-7-20(9-8-19)24(22,23)12-4-5-14(17)13(16)10-12/h4-5,10H,3,6-9,11H2,1-2H3. The molecule has 1 aliphatic heterocycles. The Bertz CT molecular complexity index is 712. The van der Waals surface area contributed by atoms with E-state index in [0.29, 0.717) is 26.1 Å². The zero-order valence-corrected chi connectivity index (χ0v) is 15.3. The Morgan fingerprint density at radius 3 is 2.58 bits per heavy atom. The lowest BCUT2D eigenvalue weighted by Crippen LogP contribution is -2.39. The molecule has 1 fully saturated rings. The van der Waals surface area contributed by atoms with Crippen molar-refractivity contribution >= 4 is 27.5 Å². The van der Waals surface area contributed by atoms with Crippen molar-refractivity contribution in [2.24, 2.45) is 0 Å². The number of rotatable bonds is 4. The van der Waals surface area contributed by atoms with Gasteiger partial charge in [0.15, 0.2) is 0 Å². The van der Waals surface area contributed by atoms with Crippen LogP contribution < -0.4 is 0 Å². The van der Waals surface area contributed by atoms with Crippen molar-refractivity contribution in [1.82, 2.24) is 14.1 Å². The third kappa shape index (κ3) is 4.44. The van der Waals surface area contributed by atoms with Crippen molar-refractivity contribution in [3.05, 3.63) is 29.0 Å². The number of hydrogen-bond donors (Lipinski definition) is 0. The number of carbonyl (C=O) groups excluding carboxylic acids is 1. The molecule has 0 atom stereocenters. The van der Waals surface area contributed by atoms with Crippen LogP contribution in [-0.2, 0) is 14.8 Å². The molecule has 0 N–H and O–H groups in total. The number of amides is 1. The molecule has 1 aromatic carbocycles. The lowest BCUT2D eigenvalue weighted by molar-refractivity contribution is -0.129. The summed E-state index contributed by atoms with van der Waals surface area (Å²) in [6, 6.07) is 3.40. The summed E-state index contributed by atoms with van der Waals surface area (Å²) in [7, 11) is -0.353. The SMILES string of the molecule is CN(C)C(=O)CN1CCCN(S(=O)(=O)c2ccc(F)c(Cl)c2)CC1. The summed E-state index contributed by atoms with van der Waals surface area (Å²) in [5.41, 5.74) is 0. The quantitative estimate of drug-likeness (QED) is 0.792. The van der Waals surface area contributed by atoms with E-state index in [9.17, 15) is 17.6 Å². The van der Waals surface area contributed by atoms with Crippen LogP contribution in [0.5, 0.6) is 0 Å². The first-order valence-electron chi connectivity index (χ1n) is 7.59. The van der Waals surface area contributed by atoms with Gasteiger partial charge in [-0.3, -0.25) is 9.69 Å². The fourth-order valence-electron chi connectivity index (χ4n) is 2.46. The summed E-state index contributed by atoms with van der Waals surface area (Å²) in [6.45, 7) is 2.01. The van der Waals surface area contributed by atoms with Crippen molar-refractivity contribution in [2.45, 2.75) is 11.3 Å². The molecule has 0 bridgehead atoms. The summed E-state index contributed by atoms with van der Waals surface area (Å²) in [6.07, 6.45) is 0.620. The highest BCUT2D eigenvalue weighted by Gasteiger charge is 2.28. The summed E-state index contributed by atoms with van der Waals surface area (Å²) in [5.74, 6) is -0.670. The van der Waals surface area contributed by atoms with Crippen LogP contribution in [0.3, 0.4) is 0 Å². The number of carbonyl (C=O) groups is 1. The molecule has 2 rings (SSSR count). The second kappa shape index (κ2) is 7.77. The molecular formula is C15H21ClFN3O3S. The van der Waals surface area contributed by atoms with Crippen LogP contribution in [-0.4, -0.2) is 75.2 Å². The van der Waals surface area contributed by atoms with Gasteiger partial charge in [0.05, 0.1) is 16.5 Å². The zero-order chi connectivity index (χ0) is 17.9. The molecule has 0 radical (unpaired) electrons. The van der Waals surface area contributed by atoms with E-state index in [4.69, 9.17) is 11.6 Å². The molecule has 1 aliphatic rings. The average molecular weight is 378 g/mol. The largest absolute Gasteiger partial charge is 0.348 e. The fraction of sp³-hybridized carbons (Fsp3) is 0.533. The van der Waals surface area contributed by atoms with Crippen molar-refractivity contribution in [1.29, 1.82) is 0 Å². The van der Waals surface area contributed by atoms with Gasteiger partial charge in [-0.15, -0.1) is 0 Å². The van der Waals surface area contributed by atoms with Gasteiger partial charge in [-0.2, -0.15) is 4.31 Å². The first-order valence-corrected chi connectivity index (χ1v) is 9.41. The second-order valence-electron chi connectivity index (χ2n) is 5.90. The summed E-state index contributed by atoms with van der Waals surface area (Å²) >= 11 is 5.69. The fourth-order valence-corrected chi connectivity index (χ4v) is 4.21. The van der Waals surface area contributed by atoms with Gasteiger partial charge in [-0.05, 0) is 31.2 Å². The highest BCUT2D eigenvalue weighted by molar-refractivity contribution is 7.89. The average Bonchev–Trinajstić information content (AvgIpc) is 2.75. The van der Waals surface area contributed by atoms with E-state index in [1.54, 1.807) is 14.1 Å². The number of benzene rings is 1. The number of likely N-dealkylation sites (N-methyl/N-ethyl adjacent to an activating group) is 1. The van der Waals surface area contributed by atoms with Gasteiger partial charge in [0.2, 0.25) is 15.9 Å². The Morgan fingerprint density at radius 1 is 1.25 bits per heavy atom. The molecule has 134 valence electrons. The molecule has 1 saturated heterocycles. The van der Waals surface area contributed by atoms with Gasteiger partial charge in [-0.25, -0.2) is 12.8 Å². The molecule has 0 aromatic heterocycles. The minimum atomic E-state index is -3.73. The van der Waals surface area contributed by atoms with Crippen LogP contribution >= 0.6 is 11.6 Å². The predicted octanol–water partition coefficient (Wildman–Crippen LogP) is 1.26. The Balaban J connectivity index is 2.09. The molecule has 24 heavy (non-hydrogen) atoms. The Kier molecular flexibility index (Phi) is 6.19. The molecule has 1 heterocycles. The van der Waals surface area contributed by atoms with Crippen LogP contribution in [0.1, 0.15) is 6.42 Å². The Hall–Kier alpha value is -1.22. The maximum Gasteiger partial charge on any atom is 0.243 e. The van der Waals surface area contributed by atoms with Crippen LogP contribution in [0.4, 0.5) is 4.39 Å². The van der Waals surface area contributed by atoms with Crippen molar-refractivity contribution in [3.63, 3.8) is 0 Å². The predicted molar refractivity (Wildman–Crippen MR) is 89.9 cm³/mol. The van der Waals surface area contributed by atoms with E-state index in [-0.39, 0.29) is 28.9 Å². The van der Waals surface area contributed by atoms with Crippen LogP contribution in [0.2, 0.25) is 5.02 Å². The van der Waals surface area contributed by atoms with Crippen molar-refractivity contribution < 1.29 is 17.6 Å². The van der Waals surface area contributed by atoms with Gasteiger partial charge in [0, 0.05) is 33.7 Å². The minimum absolute atomic E-state index is 0.0170. The Labute approximate surface area is 146 Å². The highest BCUT2D eigenvalue weighted by Crippen LogP contribution is 2.23. The van der Waals surface area contributed by atoms with Gasteiger partial charge in [0.1, 0.15) is 5.82 Å². The van der Waals surface area contributed by atoms with E-state index in [2.05, 4.69) is 0 Å². The number of nitrogens with zero attached hydrogens (tertiary/aromatic N) is 3. The highest BCUT2D eigenvalue weighted by atomic mass is 35.5. The van der Waals surface area contributed by atoms with Crippen molar-refractivity contribution in [3.8, 4) is 0 Å². The van der Waals surface area contributed by atoms with Gasteiger partial charge in [-0.1, -0.05) is 11.6 Å². The third-order valence-electron chi connectivity index (χ3n) is 3.93. The topological polar surface area (TPSA) is 60.9 Å². The van der Waals surface area contributed by atoms with Gasteiger partial charge < -0.3 is 4.90 Å². The van der Waals surface area contributed by atoms with E-state index in [1.807, 2.05) is 4.90 Å². The first-order chi connectivity index (χ1) is 11.2. The molecule has 1 amide bonds. The minimum Gasteiger partial charge on any atom is -0.348 e. The van der Waals surface area contributed by atoms with E-state index < -0.39 is 15.8 Å². The number of hydrogen-bond acceptors (Lipinski definition) is 4. The Morgan fingerprint density at radius 2 is 1.96 bits per heavy atom. The van der Waals surface area contributed by atoms with Crippen molar-refractivity contribution in [2.75, 3.05) is 46.8 Å². The molecular weight excluding hydrogens is 357 g/mol. The molecule has 9 heteroatoms.